The third-order valence-corrected chi connectivity index (χ3v) is 5.42. The van der Waals surface area contributed by atoms with Crippen LogP contribution in [0, 0.1) is 0 Å². The van der Waals surface area contributed by atoms with Crippen LogP contribution in [0.4, 0.5) is 0 Å². The summed E-state index contributed by atoms with van der Waals surface area (Å²) in [6.45, 7) is 3.48. The van der Waals surface area contributed by atoms with Crippen molar-refractivity contribution in [1.29, 1.82) is 0 Å². The molecule has 0 aliphatic carbocycles. The van der Waals surface area contributed by atoms with Gasteiger partial charge >= 0.3 is 7.60 Å². The highest BCUT2D eigenvalue weighted by Crippen LogP contribution is 2.44. The number of ether oxygens (including phenoxy) is 4. The first kappa shape index (κ1) is 20.5. The maximum Gasteiger partial charge on any atom is 0.350 e. The van der Waals surface area contributed by atoms with Gasteiger partial charge in [0.15, 0.2) is 12.0 Å². The van der Waals surface area contributed by atoms with E-state index >= 15 is 0 Å². The first-order chi connectivity index (χ1) is 13.0. The van der Waals surface area contributed by atoms with Crippen molar-refractivity contribution < 1.29 is 33.3 Å². The molecule has 2 fully saturated rings. The molecule has 0 bridgehead atoms. The Morgan fingerprint density at radius 3 is 2.71 bits per heavy atom. The van der Waals surface area contributed by atoms with E-state index in [4.69, 9.17) is 51.9 Å². The van der Waals surface area contributed by atoms with E-state index < -0.39 is 44.3 Å². The molecule has 0 aromatic carbocycles. The summed E-state index contributed by atoms with van der Waals surface area (Å²) in [5.41, 5.74) is 0.471. The van der Waals surface area contributed by atoms with Gasteiger partial charge in [0.25, 0.3) is 0 Å². The van der Waals surface area contributed by atoms with Crippen LogP contribution < -0.4 is 0 Å². The van der Waals surface area contributed by atoms with E-state index in [1.54, 1.807) is 30.7 Å². The number of hydrogen-bond donors (Lipinski definition) is 2. The maximum atomic E-state index is 11.0. The maximum absolute atomic E-state index is 11.0. The lowest BCUT2D eigenvalue weighted by molar-refractivity contribution is -0.201. The van der Waals surface area contributed by atoms with Gasteiger partial charge in [0.05, 0.1) is 12.0 Å². The Morgan fingerprint density at radius 1 is 1.29 bits per heavy atom. The molecule has 4 rings (SSSR count). The van der Waals surface area contributed by atoms with Crippen molar-refractivity contribution in [3.8, 4) is 0 Å². The van der Waals surface area contributed by atoms with Crippen LogP contribution in [0.1, 0.15) is 20.1 Å². The number of fused-ring (bicyclic) bond motifs is 2. The smallest absolute Gasteiger partial charge is 0.350 e. The van der Waals surface area contributed by atoms with Crippen LogP contribution in [-0.2, 0) is 23.5 Å². The molecule has 10 nitrogen and oxygen atoms in total. The molecule has 2 N–H and O–H groups in total. The van der Waals surface area contributed by atoms with E-state index in [9.17, 15) is 4.57 Å². The molecule has 2 aromatic rings. The molecule has 0 radical (unpaired) electrons. The molecule has 154 valence electrons. The summed E-state index contributed by atoms with van der Waals surface area (Å²) in [6, 6.07) is 1.74. The van der Waals surface area contributed by atoms with E-state index in [-0.39, 0.29) is 17.0 Å². The normalized spacial score (nSPS) is 29.5. The van der Waals surface area contributed by atoms with Crippen molar-refractivity contribution in [1.82, 2.24) is 14.5 Å². The topological polar surface area (TPSA) is 125 Å². The fourth-order valence-corrected chi connectivity index (χ4v) is 4.26. The predicted molar refractivity (Wildman–Crippen MR) is 98.1 cm³/mol. The molecular weight excluding hydrogens is 436 g/mol. The Kier molecular flexibility index (Phi) is 5.23. The van der Waals surface area contributed by atoms with Gasteiger partial charge in [-0.05, 0) is 31.5 Å². The number of halogens is 2. The van der Waals surface area contributed by atoms with Crippen molar-refractivity contribution in [2.45, 2.75) is 44.2 Å². The molecule has 28 heavy (non-hydrogen) atoms. The minimum atomic E-state index is -4.28. The molecule has 13 heteroatoms. The highest BCUT2D eigenvalue weighted by molar-refractivity contribution is 7.51. The Hall–Kier alpha value is -0.810. The lowest BCUT2D eigenvalue weighted by atomic mass is 10.1. The molecule has 0 amide bonds. The average Bonchev–Trinajstić information content (AvgIpc) is 3.18. The predicted octanol–water partition coefficient (Wildman–Crippen LogP) is 2.31. The largest absolute Gasteiger partial charge is 0.366 e. The lowest BCUT2D eigenvalue weighted by Crippen LogP contribution is -2.33. The van der Waals surface area contributed by atoms with Gasteiger partial charge in [-0.15, -0.1) is 0 Å². The second-order valence-electron chi connectivity index (χ2n) is 7.04. The third-order valence-electron chi connectivity index (χ3n) is 4.44. The summed E-state index contributed by atoms with van der Waals surface area (Å²) in [5, 5.41) is 0.816. The van der Waals surface area contributed by atoms with Gasteiger partial charge in [-0.25, -0.2) is 4.98 Å². The van der Waals surface area contributed by atoms with E-state index in [1.165, 1.54) is 0 Å². The number of nitrogens with zero attached hydrogens (tertiary/aromatic N) is 3. The first-order valence-electron chi connectivity index (χ1n) is 8.37. The summed E-state index contributed by atoms with van der Waals surface area (Å²) in [6.07, 6.45) is -1.20. The van der Waals surface area contributed by atoms with Gasteiger partial charge in [0, 0.05) is 6.20 Å². The van der Waals surface area contributed by atoms with Crippen molar-refractivity contribution in [2.75, 3.05) is 13.0 Å². The SMILES string of the molecule is CC1(C)O[C@@H]2[C@H](O1)[C@@H](COCP(=O)(O)O)O[C@H]2n1ccc2c(Cl)nc(Cl)nc21. The van der Waals surface area contributed by atoms with Gasteiger partial charge in [-0.1, -0.05) is 11.6 Å². The summed E-state index contributed by atoms with van der Waals surface area (Å²) in [7, 11) is -4.28. The molecule has 2 aromatic heterocycles. The monoisotopic (exact) mass is 453 g/mol. The molecule has 0 unspecified atom stereocenters. The zero-order chi connectivity index (χ0) is 20.3. The van der Waals surface area contributed by atoms with Crippen molar-refractivity contribution in [2.24, 2.45) is 0 Å². The van der Waals surface area contributed by atoms with E-state index in [2.05, 4.69) is 9.97 Å². The quantitative estimate of drug-likeness (QED) is 0.398. The summed E-state index contributed by atoms with van der Waals surface area (Å²) in [4.78, 5) is 26.1. The van der Waals surface area contributed by atoms with E-state index in [1.807, 2.05) is 0 Å². The van der Waals surface area contributed by atoms with Gasteiger partial charge < -0.3 is 33.3 Å². The summed E-state index contributed by atoms with van der Waals surface area (Å²) in [5.74, 6) is -0.855. The minimum Gasteiger partial charge on any atom is -0.366 e. The average molecular weight is 454 g/mol. The fourth-order valence-electron chi connectivity index (χ4n) is 3.48. The number of hydrogen-bond acceptors (Lipinski definition) is 7. The minimum absolute atomic E-state index is 0.00237. The van der Waals surface area contributed by atoms with Crippen LogP contribution in [0.25, 0.3) is 11.0 Å². The van der Waals surface area contributed by atoms with Crippen molar-refractivity contribution >= 4 is 41.8 Å². The second kappa shape index (κ2) is 7.16. The highest BCUT2D eigenvalue weighted by Gasteiger charge is 2.56. The standard InChI is InChI=1S/C15H18Cl2N3O7P/c1-15(2)26-9-8(5-24-6-28(21,22)23)25-13(10(9)27-15)20-4-3-7-11(16)18-14(17)19-12(7)20/h3-4,8-10,13H,5-6H2,1-2H3,(H2,21,22,23)/t8-,9-,10-,13-/m1/s1. The van der Waals surface area contributed by atoms with Crippen LogP contribution in [-0.4, -0.2) is 61.4 Å². The molecule has 0 saturated carbocycles. The molecule has 4 atom stereocenters. The van der Waals surface area contributed by atoms with Gasteiger partial charge in [0.2, 0.25) is 5.28 Å². The summed E-state index contributed by atoms with van der Waals surface area (Å²) < 4.78 is 35.9. The first-order valence-corrected chi connectivity index (χ1v) is 10.9. The molecule has 2 aliphatic rings. The van der Waals surface area contributed by atoms with Crippen molar-refractivity contribution in [3.05, 3.63) is 22.7 Å². The zero-order valence-corrected chi connectivity index (χ0v) is 17.3. The van der Waals surface area contributed by atoms with Crippen LogP contribution in [0.5, 0.6) is 0 Å². The Bertz CT molecular complexity index is 949. The lowest BCUT2D eigenvalue weighted by Gasteiger charge is -2.25. The van der Waals surface area contributed by atoms with E-state index in [0.29, 0.717) is 11.0 Å². The number of aromatic nitrogens is 3. The Balaban J connectivity index is 1.63. The zero-order valence-electron chi connectivity index (χ0n) is 14.9. The van der Waals surface area contributed by atoms with Gasteiger partial charge in [0.1, 0.15) is 35.5 Å². The van der Waals surface area contributed by atoms with Crippen molar-refractivity contribution in [3.63, 3.8) is 0 Å². The Morgan fingerprint density at radius 2 is 2.00 bits per heavy atom. The molecular formula is C15H18Cl2N3O7P. The second-order valence-corrected chi connectivity index (χ2v) is 9.32. The summed E-state index contributed by atoms with van der Waals surface area (Å²) >= 11 is 12.1. The van der Waals surface area contributed by atoms with E-state index in [0.717, 1.165) is 0 Å². The molecule has 2 aliphatic heterocycles. The Labute approximate surface area is 169 Å². The van der Waals surface area contributed by atoms with Gasteiger partial charge in [-0.3, -0.25) is 4.57 Å². The number of rotatable bonds is 5. The van der Waals surface area contributed by atoms with Gasteiger partial charge in [-0.2, -0.15) is 4.98 Å². The van der Waals surface area contributed by atoms with Crippen LogP contribution in [0.15, 0.2) is 12.3 Å². The molecule has 2 saturated heterocycles. The van der Waals surface area contributed by atoms with Crippen LogP contribution in [0.2, 0.25) is 10.4 Å². The van der Waals surface area contributed by atoms with Crippen LogP contribution >= 0.6 is 30.8 Å². The van der Waals surface area contributed by atoms with Crippen LogP contribution in [0.3, 0.4) is 0 Å². The molecule has 0 spiro atoms. The highest BCUT2D eigenvalue weighted by atomic mass is 35.5. The fraction of sp³-hybridized carbons (Fsp3) is 0.600. The molecule has 4 heterocycles. The third kappa shape index (κ3) is 3.94.